The number of hydrogen-bond donors (Lipinski definition) is 1. The lowest BCUT2D eigenvalue weighted by atomic mass is 10.1. The molecule has 1 heterocycles. The minimum atomic E-state index is -4.67. The van der Waals surface area contributed by atoms with Gasteiger partial charge in [-0.1, -0.05) is 23.2 Å². The molecule has 0 amide bonds. The molecule has 4 nitrogen and oxygen atoms in total. The molecule has 1 N–H and O–H groups in total. The van der Waals surface area contributed by atoms with E-state index in [2.05, 4.69) is 10.3 Å². The normalized spacial score (nSPS) is 11.3. The molecule has 0 unspecified atom stereocenters. The highest BCUT2D eigenvalue weighted by molar-refractivity contribution is 6.36. The van der Waals surface area contributed by atoms with Crippen LogP contribution in [0.3, 0.4) is 0 Å². The number of rotatable bonds is 2. The number of benzene rings is 1. The molecule has 9 heteroatoms. The Morgan fingerprint density at radius 3 is 2.48 bits per heavy atom. The Labute approximate surface area is 127 Å². The molecule has 0 aliphatic heterocycles. The van der Waals surface area contributed by atoms with Crippen molar-refractivity contribution >= 4 is 29.1 Å². The maximum Gasteiger partial charge on any atom is 0.417 e. The molecule has 110 valence electrons. The fourth-order valence-electron chi connectivity index (χ4n) is 1.63. The van der Waals surface area contributed by atoms with Gasteiger partial charge in [0.15, 0.2) is 0 Å². The zero-order chi connectivity index (χ0) is 15.8. The van der Waals surface area contributed by atoms with Gasteiger partial charge in [0.05, 0.1) is 16.1 Å². The Balaban J connectivity index is 2.68. The van der Waals surface area contributed by atoms with Gasteiger partial charge in [-0.3, -0.25) is 0 Å². The summed E-state index contributed by atoms with van der Waals surface area (Å²) >= 11 is 11.4. The van der Waals surface area contributed by atoms with Crippen molar-refractivity contribution in [3.05, 3.63) is 33.4 Å². The summed E-state index contributed by atoms with van der Waals surface area (Å²) in [6, 6.07) is 3.64. The molecule has 0 bridgehead atoms. The molecule has 0 aliphatic rings. The smallest absolute Gasteiger partial charge is 0.417 e. The second kappa shape index (κ2) is 5.47. The van der Waals surface area contributed by atoms with E-state index in [1.165, 1.54) is 13.1 Å². The molecule has 0 spiro atoms. The van der Waals surface area contributed by atoms with E-state index < -0.39 is 16.8 Å². The van der Waals surface area contributed by atoms with Crippen molar-refractivity contribution in [3.63, 3.8) is 0 Å². The van der Waals surface area contributed by atoms with Gasteiger partial charge in [0.1, 0.15) is 6.07 Å². The van der Waals surface area contributed by atoms with Crippen LogP contribution >= 0.6 is 23.2 Å². The van der Waals surface area contributed by atoms with Crippen molar-refractivity contribution in [2.45, 2.75) is 6.18 Å². The Bertz CT molecular complexity index is 735. The van der Waals surface area contributed by atoms with Gasteiger partial charge < -0.3 is 9.73 Å². The maximum absolute atomic E-state index is 12.9. The van der Waals surface area contributed by atoms with Crippen LogP contribution in [0, 0.1) is 11.3 Å². The molecule has 0 saturated carbocycles. The topological polar surface area (TPSA) is 61.9 Å². The van der Waals surface area contributed by atoms with Gasteiger partial charge in [-0.2, -0.15) is 23.4 Å². The molecule has 0 radical (unpaired) electrons. The number of halogens is 5. The summed E-state index contributed by atoms with van der Waals surface area (Å²) in [6.45, 7) is 0. The van der Waals surface area contributed by atoms with Crippen LogP contribution in [-0.2, 0) is 6.18 Å². The summed E-state index contributed by atoms with van der Waals surface area (Å²) < 4.78 is 43.8. The van der Waals surface area contributed by atoms with Crippen LogP contribution < -0.4 is 5.32 Å². The highest BCUT2D eigenvalue weighted by Crippen LogP contribution is 2.42. The Kier molecular flexibility index (Phi) is 4.03. The predicted molar refractivity (Wildman–Crippen MR) is 71.2 cm³/mol. The molecule has 0 saturated heterocycles. The van der Waals surface area contributed by atoms with Gasteiger partial charge in [0.2, 0.25) is 17.5 Å². The van der Waals surface area contributed by atoms with Gasteiger partial charge in [0, 0.05) is 12.1 Å². The third-order valence-corrected chi connectivity index (χ3v) is 3.16. The van der Waals surface area contributed by atoms with Gasteiger partial charge in [-0.05, 0) is 12.1 Å². The first-order valence-corrected chi connectivity index (χ1v) is 6.18. The number of anilines is 1. The molecule has 0 atom stereocenters. The summed E-state index contributed by atoms with van der Waals surface area (Å²) in [7, 11) is 1.48. The molecular weight excluding hydrogens is 330 g/mol. The summed E-state index contributed by atoms with van der Waals surface area (Å²) in [4.78, 5) is 3.79. The lowest BCUT2D eigenvalue weighted by Gasteiger charge is -2.11. The average Bonchev–Trinajstić information content (AvgIpc) is 2.82. The Morgan fingerprint density at radius 1 is 1.33 bits per heavy atom. The van der Waals surface area contributed by atoms with E-state index in [0.717, 1.165) is 0 Å². The first-order valence-electron chi connectivity index (χ1n) is 5.43. The lowest BCUT2D eigenvalue weighted by Crippen LogP contribution is -2.06. The van der Waals surface area contributed by atoms with E-state index >= 15 is 0 Å². The fourth-order valence-corrected chi connectivity index (χ4v) is 2.15. The third-order valence-electron chi connectivity index (χ3n) is 2.53. The van der Waals surface area contributed by atoms with Crippen molar-refractivity contribution in [1.29, 1.82) is 5.26 Å². The monoisotopic (exact) mass is 335 g/mol. The summed E-state index contributed by atoms with van der Waals surface area (Å²) in [6.07, 6.45) is -4.67. The highest BCUT2D eigenvalue weighted by atomic mass is 35.5. The first kappa shape index (κ1) is 15.5. The standard InChI is InChI=1S/C12H6Cl2F3N3O/c1-19-11-8(4-18)20-10(21-11)6-2-5(13)3-7(9(6)14)12(15,16)17/h2-3,19H,1H3. The molecule has 0 fully saturated rings. The molecule has 2 aromatic rings. The molecular formula is C12H6Cl2F3N3O. The van der Waals surface area contributed by atoms with E-state index in [1.807, 2.05) is 0 Å². The minimum absolute atomic E-state index is 0.0251. The zero-order valence-electron chi connectivity index (χ0n) is 10.3. The van der Waals surface area contributed by atoms with E-state index in [4.69, 9.17) is 32.9 Å². The van der Waals surface area contributed by atoms with Crippen molar-refractivity contribution in [3.8, 4) is 17.5 Å². The molecule has 0 aliphatic carbocycles. The second-order valence-electron chi connectivity index (χ2n) is 3.87. The van der Waals surface area contributed by atoms with Crippen LogP contribution in [-0.4, -0.2) is 12.0 Å². The van der Waals surface area contributed by atoms with Crippen LogP contribution in [0.25, 0.3) is 11.5 Å². The number of hydrogen-bond acceptors (Lipinski definition) is 4. The van der Waals surface area contributed by atoms with Crippen LogP contribution in [0.15, 0.2) is 16.5 Å². The summed E-state index contributed by atoms with van der Waals surface area (Å²) in [5, 5.41) is 10.7. The van der Waals surface area contributed by atoms with Gasteiger partial charge in [-0.15, -0.1) is 0 Å². The van der Waals surface area contributed by atoms with Crippen LogP contribution in [0.2, 0.25) is 10.0 Å². The number of nitriles is 1. The predicted octanol–water partition coefficient (Wildman–Crippen LogP) is 4.58. The summed E-state index contributed by atoms with van der Waals surface area (Å²) in [5.74, 6) is -0.203. The van der Waals surface area contributed by atoms with E-state index in [-0.39, 0.29) is 28.1 Å². The fraction of sp³-hybridized carbons (Fsp3) is 0.167. The molecule has 2 rings (SSSR count). The number of aromatic nitrogens is 1. The zero-order valence-corrected chi connectivity index (χ0v) is 11.9. The first-order chi connectivity index (χ1) is 9.77. The number of oxazole rings is 1. The molecule has 1 aromatic carbocycles. The maximum atomic E-state index is 12.9. The quantitative estimate of drug-likeness (QED) is 0.872. The lowest BCUT2D eigenvalue weighted by molar-refractivity contribution is -0.137. The van der Waals surface area contributed by atoms with Crippen molar-refractivity contribution in [1.82, 2.24) is 4.98 Å². The van der Waals surface area contributed by atoms with Crippen LogP contribution in [0.1, 0.15) is 11.3 Å². The van der Waals surface area contributed by atoms with E-state index in [1.54, 1.807) is 6.07 Å². The third kappa shape index (κ3) is 2.91. The van der Waals surface area contributed by atoms with E-state index in [9.17, 15) is 13.2 Å². The SMILES string of the molecule is CNc1oc(-c2cc(Cl)cc(C(F)(F)F)c2Cl)nc1C#N. The van der Waals surface area contributed by atoms with Gasteiger partial charge in [0.25, 0.3) is 0 Å². The second-order valence-corrected chi connectivity index (χ2v) is 4.69. The van der Waals surface area contributed by atoms with Crippen molar-refractivity contribution in [2.24, 2.45) is 0 Å². The van der Waals surface area contributed by atoms with E-state index in [0.29, 0.717) is 6.07 Å². The Hall–Kier alpha value is -1.91. The van der Waals surface area contributed by atoms with Gasteiger partial charge >= 0.3 is 6.18 Å². The highest BCUT2D eigenvalue weighted by Gasteiger charge is 2.35. The minimum Gasteiger partial charge on any atom is -0.419 e. The number of nitrogens with zero attached hydrogens (tertiary/aromatic N) is 2. The van der Waals surface area contributed by atoms with Crippen molar-refractivity contribution < 1.29 is 17.6 Å². The van der Waals surface area contributed by atoms with Crippen LogP contribution in [0.5, 0.6) is 0 Å². The summed E-state index contributed by atoms with van der Waals surface area (Å²) in [5.41, 5.74) is -1.35. The molecule has 21 heavy (non-hydrogen) atoms. The number of nitrogens with one attached hydrogen (secondary N) is 1. The average molecular weight is 336 g/mol. The number of alkyl halides is 3. The van der Waals surface area contributed by atoms with Gasteiger partial charge in [-0.25, -0.2) is 0 Å². The molecule has 1 aromatic heterocycles. The largest absolute Gasteiger partial charge is 0.419 e. The van der Waals surface area contributed by atoms with Crippen LogP contribution in [0.4, 0.5) is 19.1 Å². The Morgan fingerprint density at radius 2 is 2.00 bits per heavy atom. The van der Waals surface area contributed by atoms with Crippen molar-refractivity contribution in [2.75, 3.05) is 12.4 Å².